The molecule has 5 aromatic rings. The van der Waals surface area contributed by atoms with Gasteiger partial charge in [0.05, 0.1) is 14.2 Å². The van der Waals surface area contributed by atoms with E-state index in [0.29, 0.717) is 34.3 Å². The summed E-state index contributed by atoms with van der Waals surface area (Å²) in [6.45, 7) is 6.27. The minimum Gasteiger partial charge on any atom is -0.497 e. The van der Waals surface area contributed by atoms with Crippen molar-refractivity contribution in [2.24, 2.45) is 0 Å². The van der Waals surface area contributed by atoms with Crippen LogP contribution in [-0.4, -0.2) is 47.4 Å². The van der Waals surface area contributed by atoms with Gasteiger partial charge in [0.25, 0.3) is 11.8 Å². The van der Waals surface area contributed by atoms with E-state index in [1.54, 1.807) is 50.6 Å². The number of amides is 1. The maximum absolute atomic E-state index is 12.8. The van der Waals surface area contributed by atoms with Crippen molar-refractivity contribution in [2.75, 3.05) is 14.2 Å². The molecular weight excluding hydrogens is 570 g/mol. The van der Waals surface area contributed by atoms with Gasteiger partial charge in [0, 0.05) is 34.7 Å². The number of aromatic nitrogens is 2. The van der Waals surface area contributed by atoms with Gasteiger partial charge < -0.3 is 24.4 Å². The van der Waals surface area contributed by atoms with Gasteiger partial charge in [-0.1, -0.05) is 74.5 Å². The van der Waals surface area contributed by atoms with Gasteiger partial charge in [-0.3, -0.25) is 4.79 Å². The largest absolute Gasteiger partial charge is 0.497 e. The molecule has 230 valence electrons. The second-order valence-electron chi connectivity index (χ2n) is 11.7. The summed E-state index contributed by atoms with van der Waals surface area (Å²) in [6, 6.07) is 26.7. The van der Waals surface area contributed by atoms with Crippen LogP contribution in [0.25, 0.3) is 34.0 Å². The maximum atomic E-state index is 12.8. The van der Waals surface area contributed by atoms with E-state index in [-0.39, 0.29) is 11.8 Å². The summed E-state index contributed by atoms with van der Waals surface area (Å²) in [6.07, 6.45) is 0.115. The van der Waals surface area contributed by atoms with Gasteiger partial charge in [0.1, 0.15) is 17.5 Å². The summed E-state index contributed by atoms with van der Waals surface area (Å²) in [5.41, 5.74) is 5.55. The third-order valence-electron chi connectivity index (χ3n) is 7.55. The number of nitrogens with zero attached hydrogens (tertiary/aromatic N) is 2. The van der Waals surface area contributed by atoms with Crippen LogP contribution in [0, 0.1) is 0 Å². The highest BCUT2D eigenvalue weighted by molar-refractivity contribution is 5.96. The summed E-state index contributed by atoms with van der Waals surface area (Å²) < 4.78 is 16.4. The van der Waals surface area contributed by atoms with Crippen molar-refractivity contribution < 1.29 is 28.7 Å². The first-order valence-corrected chi connectivity index (χ1v) is 14.5. The molecule has 45 heavy (non-hydrogen) atoms. The second kappa shape index (κ2) is 13.1. The molecule has 0 bridgehead atoms. The molecule has 0 aliphatic heterocycles. The van der Waals surface area contributed by atoms with E-state index in [1.807, 2.05) is 54.6 Å². The zero-order valence-corrected chi connectivity index (χ0v) is 25.8. The molecule has 0 spiro atoms. The second-order valence-corrected chi connectivity index (χ2v) is 11.7. The van der Waals surface area contributed by atoms with Gasteiger partial charge in [-0.2, -0.15) is 4.98 Å². The van der Waals surface area contributed by atoms with Gasteiger partial charge in [-0.25, -0.2) is 4.79 Å². The lowest BCUT2D eigenvalue weighted by atomic mass is 9.86. The van der Waals surface area contributed by atoms with Crippen molar-refractivity contribution in [3.05, 3.63) is 108 Å². The number of aliphatic carboxylic acids is 1. The normalized spacial score (nSPS) is 11.9. The average Bonchev–Trinajstić information content (AvgIpc) is 3.54. The minimum absolute atomic E-state index is 0.0487. The molecule has 0 aliphatic carbocycles. The number of nitrogens with one attached hydrogen (secondary N) is 1. The Morgan fingerprint density at radius 1 is 0.844 bits per heavy atom. The van der Waals surface area contributed by atoms with Gasteiger partial charge in [0.15, 0.2) is 0 Å². The van der Waals surface area contributed by atoms with Gasteiger partial charge in [0.2, 0.25) is 5.82 Å². The predicted molar refractivity (Wildman–Crippen MR) is 171 cm³/mol. The number of ether oxygens (including phenoxy) is 2. The van der Waals surface area contributed by atoms with Crippen LogP contribution in [0.2, 0.25) is 0 Å². The monoisotopic (exact) mass is 605 g/mol. The third-order valence-corrected chi connectivity index (χ3v) is 7.55. The third kappa shape index (κ3) is 7.21. The molecule has 4 aromatic carbocycles. The molecule has 5 rings (SSSR count). The maximum Gasteiger partial charge on any atom is 0.326 e. The Balaban J connectivity index is 1.24. The number of rotatable bonds is 10. The summed E-state index contributed by atoms with van der Waals surface area (Å²) in [5, 5.41) is 16.6. The number of methoxy groups -OCH3 is 2. The molecule has 9 nitrogen and oxygen atoms in total. The molecule has 9 heteroatoms. The van der Waals surface area contributed by atoms with Crippen molar-refractivity contribution in [1.29, 1.82) is 0 Å². The number of carbonyl (C=O) groups is 2. The van der Waals surface area contributed by atoms with Crippen LogP contribution in [0.4, 0.5) is 0 Å². The number of carboxylic acids is 1. The van der Waals surface area contributed by atoms with Gasteiger partial charge >= 0.3 is 5.97 Å². The summed E-state index contributed by atoms with van der Waals surface area (Å²) in [4.78, 5) is 29.3. The first-order chi connectivity index (χ1) is 21.5. The highest BCUT2D eigenvalue weighted by Crippen LogP contribution is 2.34. The van der Waals surface area contributed by atoms with Crippen molar-refractivity contribution in [3.8, 4) is 45.5 Å². The van der Waals surface area contributed by atoms with Crippen molar-refractivity contribution in [2.45, 2.75) is 38.6 Å². The SMILES string of the molecule is COc1ccc(-c2ccc(-c3nc(-c4ccc(CC(NC(=O)c5ccc(C(C)(C)C)cc5)C(=O)O)cc4)no3)cc2)c(OC)c1. The minimum atomic E-state index is -1.11. The van der Waals surface area contributed by atoms with Crippen LogP contribution in [0.15, 0.2) is 95.5 Å². The standard InChI is InChI=1S/C36H35N3O6/c1-36(2,3)27-16-14-25(15-17-27)33(40)37-30(35(41)42)20-22-6-8-24(9-7-22)32-38-34(45-39-32)26-12-10-23(11-13-26)29-19-18-28(43-4)21-31(29)44-5/h6-19,21,30H,20H2,1-5H3,(H,37,40)(H,41,42). The van der Waals surface area contributed by atoms with Gasteiger partial charge in [-0.05, 0) is 58.5 Å². The van der Waals surface area contributed by atoms with Crippen molar-refractivity contribution in [3.63, 3.8) is 0 Å². The Labute approximate surface area is 261 Å². The lowest BCUT2D eigenvalue weighted by Crippen LogP contribution is -2.42. The van der Waals surface area contributed by atoms with Crippen molar-refractivity contribution >= 4 is 11.9 Å². The predicted octanol–water partition coefficient (Wildman–Crippen LogP) is 6.81. The first-order valence-electron chi connectivity index (χ1n) is 14.5. The summed E-state index contributed by atoms with van der Waals surface area (Å²) in [5.74, 6) is 0.636. The number of carboxylic acid groups (broad SMARTS) is 1. The zero-order chi connectivity index (χ0) is 32.1. The lowest BCUT2D eigenvalue weighted by Gasteiger charge is -2.19. The fourth-order valence-electron chi connectivity index (χ4n) is 4.88. The van der Waals surface area contributed by atoms with E-state index in [1.165, 1.54) is 0 Å². The Morgan fingerprint density at radius 2 is 1.49 bits per heavy atom. The Morgan fingerprint density at radius 3 is 2.09 bits per heavy atom. The Hall–Kier alpha value is -5.44. The van der Waals surface area contributed by atoms with Crippen LogP contribution in [0.1, 0.15) is 42.3 Å². The van der Waals surface area contributed by atoms with Crippen LogP contribution in [0.3, 0.4) is 0 Å². The number of hydrogen-bond acceptors (Lipinski definition) is 7. The van der Waals surface area contributed by atoms with E-state index in [2.05, 4.69) is 36.2 Å². The molecule has 2 N–H and O–H groups in total. The van der Waals surface area contributed by atoms with E-state index < -0.39 is 17.9 Å². The zero-order valence-electron chi connectivity index (χ0n) is 25.8. The van der Waals surface area contributed by atoms with Crippen LogP contribution in [0.5, 0.6) is 11.5 Å². The number of hydrogen-bond donors (Lipinski definition) is 2. The van der Waals surface area contributed by atoms with Crippen LogP contribution >= 0.6 is 0 Å². The smallest absolute Gasteiger partial charge is 0.326 e. The van der Waals surface area contributed by atoms with E-state index in [0.717, 1.165) is 27.8 Å². The van der Waals surface area contributed by atoms with Crippen molar-refractivity contribution in [1.82, 2.24) is 15.5 Å². The topological polar surface area (TPSA) is 124 Å². The number of carbonyl (C=O) groups excluding carboxylic acids is 1. The molecule has 0 aliphatic rings. The Kier molecular flexibility index (Phi) is 8.99. The average molecular weight is 606 g/mol. The highest BCUT2D eigenvalue weighted by atomic mass is 16.5. The summed E-state index contributed by atoms with van der Waals surface area (Å²) >= 11 is 0. The summed E-state index contributed by atoms with van der Waals surface area (Å²) in [7, 11) is 3.23. The lowest BCUT2D eigenvalue weighted by molar-refractivity contribution is -0.139. The van der Waals surface area contributed by atoms with E-state index in [9.17, 15) is 14.7 Å². The molecule has 1 amide bonds. The quantitative estimate of drug-likeness (QED) is 0.178. The number of benzene rings is 4. The molecule has 1 aromatic heterocycles. The van der Waals surface area contributed by atoms with E-state index >= 15 is 0 Å². The highest BCUT2D eigenvalue weighted by Gasteiger charge is 2.22. The molecule has 0 fully saturated rings. The van der Waals surface area contributed by atoms with Crippen LogP contribution < -0.4 is 14.8 Å². The fourth-order valence-corrected chi connectivity index (χ4v) is 4.88. The molecule has 1 unspecified atom stereocenters. The molecular formula is C36H35N3O6. The molecule has 0 saturated carbocycles. The first kappa shape index (κ1) is 31.0. The molecule has 0 saturated heterocycles. The van der Waals surface area contributed by atoms with E-state index in [4.69, 9.17) is 14.0 Å². The van der Waals surface area contributed by atoms with Gasteiger partial charge in [-0.15, -0.1) is 0 Å². The molecule has 1 heterocycles. The fraction of sp³-hybridized carbons (Fsp3) is 0.222. The molecule has 0 radical (unpaired) electrons. The van der Waals surface area contributed by atoms with Crippen LogP contribution in [-0.2, 0) is 16.6 Å². The Bertz CT molecular complexity index is 1790. The molecule has 1 atom stereocenters.